The predicted molar refractivity (Wildman–Crippen MR) is 68.1 cm³/mol. The Hall–Kier alpha value is -1.68. The first-order valence-corrected chi connectivity index (χ1v) is 5.67. The zero-order valence-corrected chi connectivity index (χ0v) is 10.5. The molecule has 1 unspecified atom stereocenters. The van der Waals surface area contributed by atoms with Crippen LogP contribution in [0.5, 0.6) is 0 Å². The molecular formula is C12H13ClN4. The summed E-state index contributed by atoms with van der Waals surface area (Å²) < 4.78 is 0. The number of nitrogens with zero attached hydrogens (tertiary/aromatic N) is 4. The number of rotatable bonds is 3. The lowest BCUT2D eigenvalue weighted by Gasteiger charge is -2.25. The van der Waals surface area contributed by atoms with Crippen LogP contribution in [0.15, 0.2) is 36.9 Å². The molecular weight excluding hydrogens is 236 g/mol. The molecule has 2 aromatic heterocycles. The van der Waals surface area contributed by atoms with Gasteiger partial charge >= 0.3 is 0 Å². The molecule has 2 aromatic rings. The summed E-state index contributed by atoms with van der Waals surface area (Å²) in [5, 5.41) is 0.540. The van der Waals surface area contributed by atoms with Crippen molar-refractivity contribution in [2.24, 2.45) is 0 Å². The summed E-state index contributed by atoms with van der Waals surface area (Å²) in [4.78, 5) is 14.4. The highest BCUT2D eigenvalue weighted by Gasteiger charge is 2.16. The van der Waals surface area contributed by atoms with Crippen LogP contribution >= 0.6 is 11.6 Å². The van der Waals surface area contributed by atoms with E-state index >= 15 is 0 Å². The Bertz CT molecular complexity index is 489. The first-order chi connectivity index (χ1) is 8.20. The lowest BCUT2D eigenvalue weighted by atomic mass is 10.2. The molecule has 0 spiro atoms. The normalized spacial score (nSPS) is 12.2. The summed E-state index contributed by atoms with van der Waals surface area (Å²) in [7, 11) is 1.94. The van der Waals surface area contributed by atoms with Gasteiger partial charge in [0.05, 0.1) is 17.9 Å². The molecule has 0 aliphatic heterocycles. The van der Waals surface area contributed by atoms with Gasteiger partial charge in [0.15, 0.2) is 5.82 Å². The summed E-state index contributed by atoms with van der Waals surface area (Å²) >= 11 is 6.06. The first kappa shape index (κ1) is 11.8. The van der Waals surface area contributed by atoms with Crippen LogP contribution in [0, 0.1) is 0 Å². The average molecular weight is 249 g/mol. The Labute approximate surface area is 105 Å². The summed E-state index contributed by atoms with van der Waals surface area (Å²) in [6, 6.07) is 5.95. The highest BCUT2D eigenvalue weighted by atomic mass is 35.5. The van der Waals surface area contributed by atoms with Crippen LogP contribution in [-0.2, 0) is 0 Å². The summed E-state index contributed by atoms with van der Waals surface area (Å²) in [5.41, 5.74) is 0.977. The van der Waals surface area contributed by atoms with E-state index in [2.05, 4.69) is 21.9 Å². The quantitative estimate of drug-likeness (QED) is 0.838. The topological polar surface area (TPSA) is 41.9 Å². The van der Waals surface area contributed by atoms with Gasteiger partial charge in [0, 0.05) is 13.2 Å². The molecule has 2 rings (SSSR count). The van der Waals surface area contributed by atoms with Gasteiger partial charge in [-0.05, 0) is 19.1 Å². The van der Waals surface area contributed by atoms with E-state index < -0.39 is 0 Å². The molecule has 0 bridgehead atoms. The molecule has 17 heavy (non-hydrogen) atoms. The second-order valence-corrected chi connectivity index (χ2v) is 4.14. The Morgan fingerprint density at radius 3 is 2.76 bits per heavy atom. The Morgan fingerprint density at radius 2 is 2.12 bits per heavy atom. The van der Waals surface area contributed by atoms with Crippen LogP contribution in [0.3, 0.4) is 0 Å². The molecule has 0 radical (unpaired) electrons. The minimum Gasteiger partial charge on any atom is -0.350 e. The number of hydrogen-bond donors (Lipinski definition) is 0. The van der Waals surface area contributed by atoms with Crippen LogP contribution in [-0.4, -0.2) is 22.0 Å². The first-order valence-electron chi connectivity index (χ1n) is 5.29. The van der Waals surface area contributed by atoms with Crippen molar-refractivity contribution in [3.05, 3.63) is 47.6 Å². The maximum Gasteiger partial charge on any atom is 0.151 e. The smallest absolute Gasteiger partial charge is 0.151 e. The maximum absolute atomic E-state index is 6.06. The fourth-order valence-electron chi connectivity index (χ4n) is 1.57. The fourth-order valence-corrected chi connectivity index (χ4v) is 1.81. The SMILES string of the molecule is CC(c1ccccn1)N(C)c1ncncc1Cl. The van der Waals surface area contributed by atoms with Gasteiger partial charge in [0.1, 0.15) is 11.3 Å². The van der Waals surface area contributed by atoms with Gasteiger partial charge in [-0.3, -0.25) is 4.98 Å². The van der Waals surface area contributed by atoms with Crippen molar-refractivity contribution in [3.8, 4) is 0 Å². The van der Waals surface area contributed by atoms with Gasteiger partial charge in [-0.15, -0.1) is 0 Å². The van der Waals surface area contributed by atoms with Gasteiger partial charge in [-0.2, -0.15) is 0 Å². The molecule has 0 aromatic carbocycles. The third kappa shape index (κ3) is 2.53. The van der Waals surface area contributed by atoms with E-state index in [4.69, 9.17) is 11.6 Å². The van der Waals surface area contributed by atoms with Crippen molar-refractivity contribution in [2.45, 2.75) is 13.0 Å². The van der Waals surface area contributed by atoms with Crippen molar-refractivity contribution in [1.82, 2.24) is 15.0 Å². The van der Waals surface area contributed by atoms with Gasteiger partial charge in [0.25, 0.3) is 0 Å². The minimum atomic E-state index is 0.101. The van der Waals surface area contributed by atoms with E-state index in [9.17, 15) is 0 Å². The molecule has 4 nitrogen and oxygen atoms in total. The number of hydrogen-bond acceptors (Lipinski definition) is 4. The van der Waals surface area contributed by atoms with E-state index in [0.29, 0.717) is 10.8 Å². The van der Waals surface area contributed by atoms with Crippen molar-refractivity contribution in [1.29, 1.82) is 0 Å². The van der Waals surface area contributed by atoms with Crippen LogP contribution in [0.25, 0.3) is 0 Å². The molecule has 88 valence electrons. The third-order valence-corrected chi connectivity index (χ3v) is 2.95. The molecule has 0 aliphatic rings. The molecule has 0 amide bonds. The molecule has 0 saturated carbocycles. The number of anilines is 1. The monoisotopic (exact) mass is 248 g/mol. The summed E-state index contributed by atoms with van der Waals surface area (Å²) in [6.45, 7) is 2.06. The van der Waals surface area contributed by atoms with Crippen LogP contribution in [0.4, 0.5) is 5.82 Å². The van der Waals surface area contributed by atoms with E-state index in [0.717, 1.165) is 5.69 Å². The molecule has 0 N–H and O–H groups in total. The minimum absolute atomic E-state index is 0.101. The largest absolute Gasteiger partial charge is 0.350 e. The zero-order valence-electron chi connectivity index (χ0n) is 9.71. The summed E-state index contributed by atoms with van der Waals surface area (Å²) in [6.07, 6.45) is 4.86. The van der Waals surface area contributed by atoms with Gasteiger partial charge in [0.2, 0.25) is 0 Å². The van der Waals surface area contributed by atoms with Crippen LogP contribution in [0.1, 0.15) is 18.7 Å². The van der Waals surface area contributed by atoms with Gasteiger partial charge in [-0.25, -0.2) is 9.97 Å². The second-order valence-electron chi connectivity index (χ2n) is 3.74. The highest BCUT2D eigenvalue weighted by molar-refractivity contribution is 6.32. The third-order valence-electron chi connectivity index (χ3n) is 2.68. The zero-order chi connectivity index (χ0) is 12.3. The van der Waals surface area contributed by atoms with Crippen molar-refractivity contribution in [3.63, 3.8) is 0 Å². The van der Waals surface area contributed by atoms with E-state index in [1.165, 1.54) is 6.33 Å². The maximum atomic E-state index is 6.06. The second kappa shape index (κ2) is 5.10. The van der Waals surface area contributed by atoms with Crippen LogP contribution in [0.2, 0.25) is 5.02 Å². The summed E-state index contributed by atoms with van der Waals surface area (Å²) in [5.74, 6) is 0.708. The van der Waals surface area contributed by atoms with Gasteiger partial charge < -0.3 is 4.90 Å². The lowest BCUT2D eigenvalue weighted by Crippen LogP contribution is -2.23. The van der Waals surface area contributed by atoms with E-state index in [-0.39, 0.29) is 6.04 Å². The number of pyridine rings is 1. The molecule has 5 heteroatoms. The Balaban J connectivity index is 2.27. The number of aromatic nitrogens is 3. The van der Waals surface area contributed by atoms with Crippen molar-refractivity contribution >= 4 is 17.4 Å². The molecule has 0 aliphatic carbocycles. The number of halogens is 1. The molecule has 2 heterocycles. The van der Waals surface area contributed by atoms with Gasteiger partial charge in [-0.1, -0.05) is 17.7 Å². The average Bonchev–Trinajstić information content (AvgIpc) is 2.39. The molecule has 1 atom stereocenters. The Morgan fingerprint density at radius 1 is 1.29 bits per heavy atom. The van der Waals surface area contributed by atoms with Crippen molar-refractivity contribution in [2.75, 3.05) is 11.9 Å². The standard InChI is InChI=1S/C12H13ClN4/c1-9(11-5-3-4-6-15-11)17(2)12-10(13)7-14-8-16-12/h3-9H,1-2H3. The predicted octanol–water partition coefficient (Wildman–Crippen LogP) is 2.72. The Kier molecular flexibility index (Phi) is 3.54. The van der Waals surface area contributed by atoms with Crippen molar-refractivity contribution < 1.29 is 0 Å². The van der Waals surface area contributed by atoms with E-state index in [1.807, 2.05) is 30.1 Å². The molecule has 0 saturated heterocycles. The highest BCUT2D eigenvalue weighted by Crippen LogP contribution is 2.27. The van der Waals surface area contributed by atoms with Crippen LogP contribution < -0.4 is 4.90 Å². The molecule has 0 fully saturated rings. The fraction of sp³-hybridized carbons (Fsp3) is 0.250. The lowest BCUT2D eigenvalue weighted by molar-refractivity contribution is 0.703. The van der Waals surface area contributed by atoms with E-state index in [1.54, 1.807) is 12.4 Å².